The molecule has 2 N–H and O–H groups in total. The van der Waals surface area contributed by atoms with E-state index in [0.29, 0.717) is 13.1 Å². The lowest BCUT2D eigenvalue weighted by Crippen LogP contribution is -2.53. The second-order valence-corrected chi connectivity index (χ2v) is 7.32. The molecule has 2 saturated heterocycles. The molecule has 6 nitrogen and oxygen atoms in total. The number of likely N-dealkylation sites (tertiary alicyclic amines) is 1. The number of amides is 2. The fourth-order valence-corrected chi connectivity index (χ4v) is 4.06. The van der Waals surface area contributed by atoms with Crippen molar-refractivity contribution < 1.29 is 9.59 Å². The average molecular weight is 350 g/mol. The van der Waals surface area contributed by atoms with Gasteiger partial charge < -0.3 is 15.5 Å². The lowest BCUT2D eigenvalue weighted by Gasteiger charge is -2.34. The van der Waals surface area contributed by atoms with E-state index in [1.165, 1.54) is 11.3 Å². The van der Waals surface area contributed by atoms with E-state index >= 15 is 0 Å². The Morgan fingerprint density at radius 3 is 2.83 bits per heavy atom. The predicted molar refractivity (Wildman–Crippen MR) is 95.3 cm³/mol. The maximum atomic E-state index is 12.6. The van der Waals surface area contributed by atoms with Gasteiger partial charge >= 0.3 is 0 Å². The molecule has 0 aromatic carbocycles. The molecule has 1 unspecified atom stereocenters. The van der Waals surface area contributed by atoms with Gasteiger partial charge in [-0.25, -0.2) is 0 Å². The van der Waals surface area contributed by atoms with Gasteiger partial charge in [0.05, 0.1) is 4.88 Å². The van der Waals surface area contributed by atoms with E-state index in [4.69, 9.17) is 0 Å². The summed E-state index contributed by atoms with van der Waals surface area (Å²) in [6.07, 6.45) is 2.74. The van der Waals surface area contributed by atoms with Crippen LogP contribution in [0, 0.1) is 0 Å². The summed E-state index contributed by atoms with van der Waals surface area (Å²) in [4.78, 5) is 30.1. The van der Waals surface area contributed by atoms with E-state index in [2.05, 4.69) is 15.5 Å². The molecule has 0 saturated carbocycles. The minimum Gasteiger partial charge on any atom is -0.353 e. The number of piperidine rings is 1. The molecule has 0 radical (unpaired) electrons. The largest absolute Gasteiger partial charge is 0.353 e. The number of carbonyl (C=O) groups excluding carboxylic acids is 2. The Morgan fingerprint density at radius 2 is 2.08 bits per heavy atom. The molecule has 132 valence electrons. The van der Waals surface area contributed by atoms with Crippen LogP contribution in [0.15, 0.2) is 17.5 Å². The van der Waals surface area contributed by atoms with Crippen LogP contribution in [-0.2, 0) is 4.79 Å². The van der Waals surface area contributed by atoms with Crippen LogP contribution in [-0.4, -0.2) is 73.5 Å². The van der Waals surface area contributed by atoms with Crippen LogP contribution in [0.2, 0.25) is 0 Å². The first kappa shape index (κ1) is 17.4. The summed E-state index contributed by atoms with van der Waals surface area (Å²) in [7, 11) is 0. The lowest BCUT2D eigenvalue weighted by molar-refractivity contribution is -0.126. The maximum Gasteiger partial charge on any atom is 0.264 e. The van der Waals surface area contributed by atoms with Gasteiger partial charge in [0.1, 0.15) is 6.04 Å². The van der Waals surface area contributed by atoms with Gasteiger partial charge in [-0.3, -0.25) is 14.5 Å². The van der Waals surface area contributed by atoms with Crippen molar-refractivity contribution in [2.45, 2.75) is 25.3 Å². The molecule has 2 aliphatic rings. The van der Waals surface area contributed by atoms with Gasteiger partial charge in [0.15, 0.2) is 0 Å². The Kier molecular flexibility index (Phi) is 6.23. The quantitative estimate of drug-likeness (QED) is 0.823. The SMILES string of the molecule is O=C(NCCN1CCNCC1)C1CCCCN1C(=O)c1cccs1. The molecule has 7 heteroatoms. The van der Waals surface area contributed by atoms with Gasteiger partial charge in [-0.15, -0.1) is 11.3 Å². The van der Waals surface area contributed by atoms with E-state index in [-0.39, 0.29) is 17.9 Å². The maximum absolute atomic E-state index is 12.6. The number of nitrogens with one attached hydrogen (secondary N) is 2. The van der Waals surface area contributed by atoms with Gasteiger partial charge in [-0.1, -0.05) is 6.07 Å². The van der Waals surface area contributed by atoms with Gasteiger partial charge in [0.25, 0.3) is 5.91 Å². The summed E-state index contributed by atoms with van der Waals surface area (Å²) >= 11 is 1.44. The van der Waals surface area contributed by atoms with Crippen molar-refractivity contribution in [1.82, 2.24) is 20.4 Å². The first-order chi connectivity index (χ1) is 11.8. The zero-order chi connectivity index (χ0) is 16.8. The van der Waals surface area contributed by atoms with Crippen molar-refractivity contribution in [3.05, 3.63) is 22.4 Å². The van der Waals surface area contributed by atoms with Crippen LogP contribution < -0.4 is 10.6 Å². The van der Waals surface area contributed by atoms with E-state index in [0.717, 1.165) is 56.9 Å². The van der Waals surface area contributed by atoms with Gasteiger partial charge in [0.2, 0.25) is 5.91 Å². The topological polar surface area (TPSA) is 64.7 Å². The highest BCUT2D eigenvalue weighted by atomic mass is 32.1. The molecule has 2 amide bonds. The third kappa shape index (κ3) is 4.34. The highest BCUT2D eigenvalue weighted by Crippen LogP contribution is 2.21. The monoisotopic (exact) mass is 350 g/mol. The summed E-state index contributed by atoms with van der Waals surface area (Å²) in [5, 5.41) is 8.27. The summed E-state index contributed by atoms with van der Waals surface area (Å²) in [6, 6.07) is 3.39. The highest BCUT2D eigenvalue weighted by molar-refractivity contribution is 7.12. The first-order valence-electron chi connectivity index (χ1n) is 8.81. The number of rotatable bonds is 5. The molecular weight excluding hydrogens is 324 g/mol. The lowest BCUT2D eigenvalue weighted by atomic mass is 10.0. The zero-order valence-corrected chi connectivity index (χ0v) is 14.8. The van der Waals surface area contributed by atoms with Crippen LogP contribution in [0.1, 0.15) is 28.9 Å². The summed E-state index contributed by atoms with van der Waals surface area (Å²) < 4.78 is 0. The van der Waals surface area contributed by atoms with Crippen molar-refractivity contribution in [3.63, 3.8) is 0 Å². The molecule has 2 aliphatic heterocycles. The van der Waals surface area contributed by atoms with Crippen LogP contribution in [0.4, 0.5) is 0 Å². The van der Waals surface area contributed by atoms with Gasteiger partial charge in [0, 0.05) is 45.8 Å². The normalized spacial score (nSPS) is 22.3. The summed E-state index contributed by atoms with van der Waals surface area (Å²) in [5.74, 6) is -0.0123. The molecule has 3 rings (SSSR count). The molecule has 0 aliphatic carbocycles. The third-order valence-electron chi connectivity index (χ3n) is 4.74. The van der Waals surface area contributed by atoms with Crippen molar-refractivity contribution in [3.8, 4) is 0 Å². The van der Waals surface area contributed by atoms with E-state index in [1.54, 1.807) is 4.90 Å². The van der Waals surface area contributed by atoms with Crippen LogP contribution >= 0.6 is 11.3 Å². The van der Waals surface area contributed by atoms with Crippen molar-refractivity contribution in [1.29, 1.82) is 0 Å². The summed E-state index contributed by atoms with van der Waals surface area (Å²) in [5.41, 5.74) is 0. The average Bonchev–Trinajstić information content (AvgIpc) is 3.16. The number of piperazine rings is 1. The number of hydrogen-bond acceptors (Lipinski definition) is 5. The predicted octanol–water partition coefficient (Wildman–Crippen LogP) is 0.764. The van der Waals surface area contributed by atoms with E-state index in [1.807, 2.05) is 17.5 Å². The first-order valence-corrected chi connectivity index (χ1v) is 9.69. The number of carbonyl (C=O) groups is 2. The molecule has 1 aromatic heterocycles. The Balaban J connectivity index is 1.52. The number of nitrogens with zero attached hydrogens (tertiary/aromatic N) is 2. The van der Waals surface area contributed by atoms with Crippen LogP contribution in [0.3, 0.4) is 0 Å². The van der Waals surface area contributed by atoms with E-state index < -0.39 is 0 Å². The van der Waals surface area contributed by atoms with Crippen molar-refractivity contribution in [2.75, 3.05) is 45.8 Å². The van der Waals surface area contributed by atoms with E-state index in [9.17, 15) is 9.59 Å². The van der Waals surface area contributed by atoms with Crippen molar-refractivity contribution in [2.24, 2.45) is 0 Å². The standard InChI is InChI=1S/C17H26N4O2S/c22-16(19-8-12-20-10-6-18-7-11-20)14-4-1-2-9-21(14)17(23)15-5-3-13-24-15/h3,5,13-14,18H,1-2,4,6-12H2,(H,19,22). The molecule has 1 atom stereocenters. The third-order valence-corrected chi connectivity index (χ3v) is 5.59. The zero-order valence-electron chi connectivity index (χ0n) is 14.0. The molecule has 0 spiro atoms. The van der Waals surface area contributed by atoms with Crippen molar-refractivity contribution >= 4 is 23.2 Å². The molecule has 3 heterocycles. The second-order valence-electron chi connectivity index (χ2n) is 6.37. The molecule has 2 fully saturated rings. The molecular formula is C17H26N4O2S. The van der Waals surface area contributed by atoms with Crippen LogP contribution in [0.5, 0.6) is 0 Å². The fraction of sp³-hybridized carbons (Fsp3) is 0.647. The molecule has 1 aromatic rings. The number of hydrogen-bond donors (Lipinski definition) is 2. The Labute approximate surface area is 147 Å². The minimum atomic E-state index is -0.323. The summed E-state index contributed by atoms with van der Waals surface area (Å²) in [6.45, 7) is 6.28. The Bertz CT molecular complexity index is 543. The number of thiophene rings is 1. The van der Waals surface area contributed by atoms with Gasteiger partial charge in [-0.05, 0) is 30.7 Å². The fourth-order valence-electron chi connectivity index (χ4n) is 3.38. The highest BCUT2D eigenvalue weighted by Gasteiger charge is 2.32. The van der Waals surface area contributed by atoms with Gasteiger partial charge in [-0.2, -0.15) is 0 Å². The Morgan fingerprint density at radius 1 is 1.25 bits per heavy atom. The second kappa shape index (κ2) is 8.60. The minimum absolute atomic E-state index is 0.00487. The molecule has 0 bridgehead atoms. The Hall–Kier alpha value is -1.44. The van der Waals surface area contributed by atoms with Crippen LogP contribution in [0.25, 0.3) is 0 Å². The smallest absolute Gasteiger partial charge is 0.264 e. The molecule has 24 heavy (non-hydrogen) atoms.